The van der Waals surface area contributed by atoms with Crippen molar-refractivity contribution in [2.45, 2.75) is 19.3 Å². The van der Waals surface area contributed by atoms with Crippen LogP contribution >= 0.6 is 0 Å². The minimum absolute atomic E-state index is 0.0628. The number of aromatic amines is 1. The van der Waals surface area contributed by atoms with Crippen molar-refractivity contribution in [2.75, 3.05) is 25.5 Å². The van der Waals surface area contributed by atoms with Gasteiger partial charge in [0, 0.05) is 49.7 Å². The highest BCUT2D eigenvalue weighted by molar-refractivity contribution is 6.02. The molecule has 0 aromatic carbocycles. The molecule has 8 heteroatoms. The molecule has 28 heavy (non-hydrogen) atoms. The molecule has 0 spiro atoms. The van der Waals surface area contributed by atoms with Crippen LogP contribution in [0.3, 0.4) is 0 Å². The van der Waals surface area contributed by atoms with Gasteiger partial charge in [-0.25, -0.2) is 9.50 Å². The molecule has 5 heterocycles. The Morgan fingerprint density at radius 1 is 1.21 bits per heavy atom. The number of carbonyl (C=O) groups excluding carboxylic acids is 1. The zero-order valence-electron chi connectivity index (χ0n) is 15.6. The summed E-state index contributed by atoms with van der Waals surface area (Å²) in [7, 11) is 1.79. The van der Waals surface area contributed by atoms with Crippen molar-refractivity contribution in [3.05, 3.63) is 42.5 Å². The monoisotopic (exact) mass is 375 g/mol. The second-order valence-corrected chi connectivity index (χ2v) is 7.06. The van der Waals surface area contributed by atoms with E-state index in [1.54, 1.807) is 24.0 Å². The predicted octanol–water partition coefficient (Wildman–Crippen LogP) is 2.94. The van der Waals surface area contributed by atoms with Crippen molar-refractivity contribution < 1.29 is 4.79 Å². The Morgan fingerprint density at radius 3 is 2.89 bits per heavy atom. The molecule has 8 nitrogen and oxygen atoms in total. The maximum absolute atomic E-state index is 13.0. The first-order valence-corrected chi connectivity index (χ1v) is 9.53. The Morgan fingerprint density at radius 2 is 2.07 bits per heavy atom. The van der Waals surface area contributed by atoms with Gasteiger partial charge < -0.3 is 15.2 Å². The predicted molar refractivity (Wildman–Crippen MR) is 107 cm³/mol. The number of pyridine rings is 1. The molecule has 1 aliphatic rings. The van der Waals surface area contributed by atoms with E-state index in [0.29, 0.717) is 11.5 Å². The van der Waals surface area contributed by atoms with Gasteiger partial charge in [-0.15, -0.1) is 0 Å². The van der Waals surface area contributed by atoms with Gasteiger partial charge in [0.25, 0.3) is 5.91 Å². The van der Waals surface area contributed by atoms with E-state index in [2.05, 4.69) is 25.4 Å². The summed E-state index contributed by atoms with van der Waals surface area (Å²) in [4.78, 5) is 26.9. The lowest BCUT2D eigenvalue weighted by Crippen LogP contribution is -2.35. The molecule has 0 atom stereocenters. The summed E-state index contributed by atoms with van der Waals surface area (Å²) in [6, 6.07) is 4.00. The molecule has 1 saturated heterocycles. The molecule has 0 radical (unpaired) electrons. The lowest BCUT2D eigenvalue weighted by atomic mass is 10.1. The van der Waals surface area contributed by atoms with E-state index in [0.717, 1.165) is 53.6 Å². The molecule has 4 aromatic rings. The third kappa shape index (κ3) is 2.69. The zero-order chi connectivity index (χ0) is 19.1. The first-order chi connectivity index (χ1) is 13.7. The molecule has 2 N–H and O–H groups in total. The number of hydrogen-bond donors (Lipinski definition) is 2. The van der Waals surface area contributed by atoms with E-state index < -0.39 is 0 Å². The summed E-state index contributed by atoms with van der Waals surface area (Å²) >= 11 is 0. The van der Waals surface area contributed by atoms with Gasteiger partial charge in [-0.2, -0.15) is 10.1 Å². The van der Waals surface area contributed by atoms with Crippen LogP contribution in [0.1, 0.15) is 29.6 Å². The first kappa shape index (κ1) is 16.7. The topological polar surface area (TPSA) is 91.2 Å². The van der Waals surface area contributed by atoms with Crippen molar-refractivity contribution in [1.29, 1.82) is 0 Å². The molecule has 1 aliphatic heterocycles. The smallest absolute Gasteiger partial charge is 0.257 e. The van der Waals surface area contributed by atoms with Gasteiger partial charge in [-0.3, -0.25) is 4.79 Å². The fraction of sp³-hybridized carbons (Fsp3) is 0.300. The van der Waals surface area contributed by atoms with Gasteiger partial charge in [0.1, 0.15) is 5.65 Å². The Bertz CT molecular complexity index is 1170. The van der Waals surface area contributed by atoms with Gasteiger partial charge in [0.2, 0.25) is 5.95 Å². The Hall–Kier alpha value is -3.42. The maximum Gasteiger partial charge on any atom is 0.257 e. The highest BCUT2D eigenvalue weighted by Crippen LogP contribution is 2.29. The summed E-state index contributed by atoms with van der Waals surface area (Å²) in [6.45, 7) is 1.65. The number of anilines is 1. The maximum atomic E-state index is 13.0. The number of hydrogen-bond acceptors (Lipinski definition) is 5. The molecule has 0 saturated carbocycles. The van der Waals surface area contributed by atoms with E-state index in [-0.39, 0.29) is 5.91 Å². The van der Waals surface area contributed by atoms with Crippen molar-refractivity contribution >= 4 is 28.4 Å². The Labute approximate surface area is 161 Å². The molecule has 0 unspecified atom stereocenters. The van der Waals surface area contributed by atoms with E-state index in [1.807, 2.05) is 29.4 Å². The Balaban J connectivity index is 1.57. The van der Waals surface area contributed by atoms with E-state index >= 15 is 0 Å². The lowest BCUT2D eigenvalue weighted by Gasteiger charge is -2.26. The van der Waals surface area contributed by atoms with Gasteiger partial charge in [0.15, 0.2) is 0 Å². The van der Waals surface area contributed by atoms with Crippen LogP contribution in [0.25, 0.3) is 27.7 Å². The number of H-pyrrole nitrogens is 1. The van der Waals surface area contributed by atoms with E-state index in [9.17, 15) is 4.79 Å². The molecule has 1 fully saturated rings. The van der Waals surface area contributed by atoms with Gasteiger partial charge in [-0.05, 0) is 37.0 Å². The molecule has 1 amide bonds. The second-order valence-electron chi connectivity index (χ2n) is 7.06. The molecular weight excluding hydrogens is 354 g/mol. The summed E-state index contributed by atoms with van der Waals surface area (Å²) < 4.78 is 1.76. The quantitative estimate of drug-likeness (QED) is 0.574. The van der Waals surface area contributed by atoms with Crippen molar-refractivity contribution in [3.8, 4) is 11.1 Å². The van der Waals surface area contributed by atoms with Crippen LogP contribution in [0, 0.1) is 0 Å². The van der Waals surface area contributed by atoms with Gasteiger partial charge >= 0.3 is 0 Å². The number of nitrogens with one attached hydrogen (secondary N) is 2. The number of carbonyl (C=O) groups is 1. The number of fused-ring (bicyclic) bond motifs is 2. The summed E-state index contributed by atoms with van der Waals surface area (Å²) in [5, 5.41) is 8.25. The highest BCUT2D eigenvalue weighted by atomic mass is 16.2. The normalized spacial score (nSPS) is 14.7. The molecule has 0 bridgehead atoms. The largest absolute Gasteiger partial charge is 0.357 e. The van der Waals surface area contributed by atoms with Crippen molar-refractivity contribution in [2.24, 2.45) is 0 Å². The van der Waals surface area contributed by atoms with Crippen LogP contribution in [-0.2, 0) is 0 Å². The number of rotatable bonds is 3. The van der Waals surface area contributed by atoms with Crippen LogP contribution in [0.2, 0.25) is 0 Å². The highest BCUT2D eigenvalue weighted by Gasteiger charge is 2.22. The van der Waals surface area contributed by atoms with Crippen LogP contribution in [-0.4, -0.2) is 55.5 Å². The number of nitrogens with zero attached hydrogens (tertiary/aromatic N) is 5. The third-order valence-corrected chi connectivity index (χ3v) is 5.36. The Kier molecular flexibility index (Phi) is 3.96. The fourth-order valence-corrected chi connectivity index (χ4v) is 3.85. The molecule has 5 rings (SSSR count). The fourth-order valence-electron chi connectivity index (χ4n) is 3.85. The summed E-state index contributed by atoms with van der Waals surface area (Å²) in [6.07, 6.45) is 10.6. The van der Waals surface area contributed by atoms with E-state index in [1.165, 1.54) is 6.42 Å². The average Bonchev–Trinajstić information content (AvgIpc) is 3.37. The molecule has 0 aliphatic carbocycles. The van der Waals surface area contributed by atoms with Crippen molar-refractivity contribution in [3.63, 3.8) is 0 Å². The zero-order valence-corrected chi connectivity index (χ0v) is 15.6. The molecule has 4 aromatic heterocycles. The van der Waals surface area contributed by atoms with Crippen LogP contribution in [0.5, 0.6) is 0 Å². The standard InChI is InChI=1S/C20H21N7O/c1-21-20-23-11-15-14(10-22-18(15)25-20)13-5-8-27-17(9-13)16(12-24-27)19(28)26-6-3-2-4-7-26/h5,8-12H,2-4,6-7H2,1H3,(H2,21,22,23,25). The van der Waals surface area contributed by atoms with Crippen LogP contribution in [0.15, 0.2) is 36.9 Å². The molecular formula is C20H21N7O. The van der Waals surface area contributed by atoms with Crippen LogP contribution < -0.4 is 5.32 Å². The van der Waals surface area contributed by atoms with E-state index in [4.69, 9.17) is 0 Å². The summed E-state index contributed by atoms with van der Waals surface area (Å²) in [5.41, 5.74) is 4.23. The minimum atomic E-state index is 0.0628. The average molecular weight is 375 g/mol. The number of amides is 1. The number of aromatic nitrogens is 5. The number of likely N-dealkylation sites (tertiary alicyclic amines) is 1. The van der Waals surface area contributed by atoms with Gasteiger partial charge in [-0.1, -0.05) is 0 Å². The van der Waals surface area contributed by atoms with Crippen molar-refractivity contribution in [1.82, 2.24) is 29.5 Å². The van der Waals surface area contributed by atoms with Crippen LogP contribution in [0.4, 0.5) is 5.95 Å². The van der Waals surface area contributed by atoms with Gasteiger partial charge in [0.05, 0.1) is 17.3 Å². The molecule has 142 valence electrons. The number of piperidine rings is 1. The lowest BCUT2D eigenvalue weighted by molar-refractivity contribution is 0.0726. The first-order valence-electron chi connectivity index (χ1n) is 9.53. The minimum Gasteiger partial charge on any atom is -0.357 e. The third-order valence-electron chi connectivity index (χ3n) is 5.36. The second kappa shape index (κ2) is 6.63. The summed E-state index contributed by atoms with van der Waals surface area (Å²) in [5.74, 6) is 0.634. The SMILES string of the molecule is CNc1ncc2c(-c3ccn4ncc(C(=O)N5CCCCC5)c4c3)c[nH]c2n1.